The lowest BCUT2D eigenvalue weighted by Crippen LogP contribution is -2.24. The summed E-state index contributed by atoms with van der Waals surface area (Å²) in [5.74, 6) is 0.650. The smallest absolute Gasteiger partial charge is 0.227 e. The minimum atomic E-state index is -0.250. The quantitative estimate of drug-likeness (QED) is 0.235. The maximum absolute atomic E-state index is 13.7. The van der Waals surface area contributed by atoms with Gasteiger partial charge in [-0.2, -0.15) is 9.49 Å². The number of fused-ring (bicyclic) bond motifs is 2. The van der Waals surface area contributed by atoms with Gasteiger partial charge in [0.2, 0.25) is 5.91 Å². The highest BCUT2D eigenvalue weighted by molar-refractivity contribution is 7.14. The van der Waals surface area contributed by atoms with E-state index in [-0.39, 0.29) is 17.0 Å². The average Bonchev–Trinajstić information content (AvgIpc) is 3.71. The summed E-state index contributed by atoms with van der Waals surface area (Å²) in [4.78, 5) is 34.9. The molecule has 3 N–H and O–H groups in total. The van der Waals surface area contributed by atoms with Crippen LogP contribution in [0.1, 0.15) is 32.1 Å². The molecule has 1 aliphatic rings. The van der Waals surface area contributed by atoms with Crippen molar-refractivity contribution in [1.82, 2.24) is 35.1 Å². The van der Waals surface area contributed by atoms with Crippen molar-refractivity contribution in [3.63, 3.8) is 0 Å². The van der Waals surface area contributed by atoms with E-state index in [4.69, 9.17) is 0 Å². The lowest BCUT2D eigenvalue weighted by Gasteiger charge is -2.20. The Morgan fingerprint density at radius 3 is 2.79 bits per heavy atom. The number of carbonyl (C=O) groups excluding carboxylic acids is 1. The van der Waals surface area contributed by atoms with Gasteiger partial charge in [-0.15, -0.1) is 11.3 Å². The van der Waals surface area contributed by atoms with Crippen molar-refractivity contribution >= 4 is 45.0 Å². The van der Waals surface area contributed by atoms with Crippen molar-refractivity contribution in [1.29, 1.82) is 0 Å². The Hall–Kier alpha value is -4.51. The van der Waals surface area contributed by atoms with Crippen molar-refractivity contribution in [2.24, 2.45) is 5.92 Å². The molecule has 0 saturated heterocycles. The lowest BCUT2D eigenvalue weighted by molar-refractivity contribution is -0.120. The Kier molecular flexibility index (Phi) is 5.85. The Bertz CT molecular complexity index is 1830. The fourth-order valence-electron chi connectivity index (χ4n) is 5.20. The number of carbonyl (C=O) groups is 1. The first-order valence-corrected chi connectivity index (χ1v) is 13.7. The van der Waals surface area contributed by atoms with Gasteiger partial charge in [0.15, 0.2) is 16.6 Å². The zero-order valence-corrected chi connectivity index (χ0v) is 21.6. The number of anilines is 1. The highest BCUT2D eigenvalue weighted by Crippen LogP contribution is 2.34. The Labute approximate surface area is 226 Å². The molecule has 0 aromatic carbocycles. The van der Waals surface area contributed by atoms with E-state index in [1.165, 1.54) is 12.5 Å². The molecule has 0 atom stereocenters. The molecule has 1 amide bonds. The molecule has 1 aliphatic carbocycles. The fraction of sp³-hybridized carbons (Fsp3) is 0.214. The van der Waals surface area contributed by atoms with E-state index < -0.39 is 0 Å². The Balaban J connectivity index is 1.22. The average molecular weight is 539 g/mol. The molecular formula is C28H23FN8OS. The van der Waals surface area contributed by atoms with Gasteiger partial charge in [0, 0.05) is 39.7 Å². The Morgan fingerprint density at radius 1 is 1.05 bits per heavy atom. The maximum atomic E-state index is 13.7. The summed E-state index contributed by atoms with van der Waals surface area (Å²) < 4.78 is 13.7. The lowest BCUT2D eigenvalue weighted by atomic mass is 9.88. The van der Waals surface area contributed by atoms with Crippen LogP contribution in [0.15, 0.2) is 55.1 Å². The molecule has 0 spiro atoms. The summed E-state index contributed by atoms with van der Waals surface area (Å²) in [7, 11) is 0. The number of aromatic amines is 2. The summed E-state index contributed by atoms with van der Waals surface area (Å²) in [6.45, 7) is 0. The van der Waals surface area contributed by atoms with Crippen molar-refractivity contribution < 1.29 is 9.18 Å². The van der Waals surface area contributed by atoms with E-state index >= 15 is 0 Å². The van der Waals surface area contributed by atoms with Gasteiger partial charge in [-0.25, -0.2) is 9.97 Å². The molecular weight excluding hydrogens is 515 g/mol. The van der Waals surface area contributed by atoms with Gasteiger partial charge >= 0.3 is 0 Å². The number of imidazole rings is 1. The van der Waals surface area contributed by atoms with E-state index in [0.29, 0.717) is 34.1 Å². The van der Waals surface area contributed by atoms with Crippen LogP contribution in [0.4, 0.5) is 10.1 Å². The fourth-order valence-corrected chi connectivity index (χ4v) is 5.96. The Morgan fingerprint density at radius 2 is 1.95 bits per heavy atom. The monoisotopic (exact) mass is 538 g/mol. The van der Waals surface area contributed by atoms with Crippen LogP contribution in [0.25, 0.3) is 55.3 Å². The number of pyridine rings is 3. The van der Waals surface area contributed by atoms with Crippen molar-refractivity contribution in [2.75, 3.05) is 5.32 Å². The second-order valence-electron chi connectivity index (χ2n) is 9.72. The largest absolute Gasteiger partial charge is 0.335 e. The number of thiophene rings is 1. The van der Waals surface area contributed by atoms with Crippen LogP contribution in [0, 0.1) is 11.0 Å². The first-order valence-electron chi connectivity index (χ1n) is 12.8. The van der Waals surface area contributed by atoms with Crippen LogP contribution in [-0.4, -0.2) is 41.0 Å². The molecule has 0 bridgehead atoms. The van der Waals surface area contributed by atoms with Crippen LogP contribution in [-0.2, 0) is 4.79 Å². The van der Waals surface area contributed by atoms with Gasteiger partial charge in [0.25, 0.3) is 0 Å². The van der Waals surface area contributed by atoms with Gasteiger partial charge < -0.3 is 10.3 Å². The number of hydrogen-bond acceptors (Lipinski definition) is 7. The third-order valence-electron chi connectivity index (χ3n) is 7.18. The van der Waals surface area contributed by atoms with Gasteiger partial charge in [-0.05, 0) is 43.2 Å². The predicted molar refractivity (Wildman–Crippen MR) is 148 cm³/mol. The minimum Gasteiger partial charge on any atom is -0.335 e. The van der Waals surface area contributed by atoms with E-state index in [1.54, 1.807) is 30.9 Å². The standard InChI is InChI=1S/C28H23FN8OS/c29-23-7-6-22(39-23)18-8-9-31-26-24(18)34-27(35-26)25-19-11-20(32-14-21(19)36-37-25)16-10-17(13-30-12-16)33-28(38)15-4-2-1-3-5-15/h6-15H,1-5H2,(H,33,38)(H,36,37)(H,31,34,35). The third-order valence-corrected chi connectivity index (χ3v) is 8.09. The number of amides is 1. The molecule has 194 valence electrons. The molecule has 9 nitrogen and oxygen atoms in total. The summed E-state index contributed by atoms with van der Waals surface area (Å²) in [6.07, 6.45) is 12.0. The zero-order valence-electron chi connectivity index (χ0n) is 20.7. The van der Waals surface area contributed by atoms with Gasteiger partial charge in [-0.3, -0.25) is 19.9 Å². The van der Waals surface area contributed by atoms with Gasteiger partial charge in [-0.1, -0.05) is 19.3 Å². The zero-order chi connectivity index (χ0) is 26.3. The topological polar surface area (TPSA) is 125 Å². The molecule has 0 aliphatic heterocycles. The van der Waals surface area contributed by atoms with Crippen LogP contribution in [0.5, 0.6) is 0 Å². The molecule has 7 rings (SSSR count). The molecule has 6 heterocycles. The second-order valence-corrected chi connectivity index (χ2v) is 10.8. The minimum absolute atomic E-state index is 0.0531. The van der Waals surface area contributed by atoms with Crippen LogP contribution < -0.4 is 5.32 Å². The first kappa shape index (κ1) is 23.6. The number of H-pyrrole nitrogens is 2. The van der Waals surface area contributed by atoms with Gasteiger partial charge in [0.05, 0.1) is 34.8 Å². The van der Waals surface area contributed by atoms with Crippen LogP contribution >= 0.6 is 11.3 Å². The van der Waals surface area contributed by atoms with Crippen LogP contribution in [0.2, 0.25) is 0 Å². The number of halogens is 1. The van der Waals surface area contributed by atoms with Crippen LogP contribution in [0.3, 0.4) is 0 Å². The normalized spacial score (nSPS) is 14.3. The number of nitrogens with one attached hydrogen (secondary N) is 3. The summed E-state index contributed by atoms with van der Waals surface area (Å²) in [5.41, 5.74) is 5.54. The summed E-state index contributed by atoms with van der Waals surface area (Å²) >= 11 is 1.07. The molecule has 0 radical (unpaired) electrons. The molecule has 1 fully saturated rings. The number of hydrogen-bond donors (Lipinski definition) is 3. The highest BCUT2D eigenvalue weighted by Gasteiger charge is 2.22. The molecule has 11 heteroatoms. The predicted octanol–water partition coefficient (Wildman–Crippen LogP) is 6.34. The van der Waals surface area contributed by atoms with Gasteiger partial charge in [0.1, 0.15) is 5.69 Å². The van der Waals surface area contributed by atoms with E-state index in [2.05, 4.69) is 40.4 Å². The van der Waals surface area contributed by atoms with Crippen molar-refractivity contribution in [3.05, 3.63) is 60.3 Å². The number of nitrogens with zero attached hydrogens (tertiary/aromatic N) is 5. The highest BCUT2D eigenvalue weighted by atomic mass is 32.1. The third kappa shape index (κ3) is 4.44. The molecule has 6 aromatic heterocycles. The van der Waals surface area contributed by atoms with Crippen molar-refractivity contribution in [3.8, 4) is 33.2 Å². The number of rotatable bonds is 5. The van der Waals surface area contributed by atoms with E-state index in [1.807, 2.05) is 18.2 Å². The molecule has 1 saturated carbocycles. The number of aromatic nitrogens is 7. The first-order chi connectivity index (χ1) is 19.1. The second kappa shape index (κ2) is 9.66. The molecule has 39 heavy (non-hydrogen) atoms. The maximum Gasteiger partial charge on any atom is 0.227 e. The molecule has 0 unspecified atom stereocenters. The van der Waals surface area contributed by atoms with E-state index in [0.717, 1.165) is 63.9 Å². The summed E-state index contributed by atoms with van der Waals surface area (Å²) in [5, 5.41) is 11.1. The summed E-state index contributed by atoms with van der Waals surface area (Å²) in [6, 6.07) is 8.85. The SMILES string of the molecule is O=C(Nc1cncc(-c2cc3c(-c4nc5nccc(-c6ccc(F)s6)c5[nH]4)n[nH]c3cn2)c1)C1CCCCC1. The van der Waals surface area contributed by atoms with Crippen molar-refractivity contribution in [2.45, 2.75) is 32.1 Å². The van der Waals surface area contributed by atoms with E-state index in [9.17, 15) is 9.18 Å². The molecule has 6 aromatic rings.